The highest BCUT2D eigenvalue weighted by Crippen LogP contribution is 2.36. The van der Waals surface area contributed by atoms with Gasteiger partial charge in [-0.2, -0.15) is 13.2 Å². The fraction of sp³-hybridized carbons (Fsp3) is 0.0909. The Morgan fingerprint density at radius 2 is 1.59 bits per heavy atom. The molecule has 1 aromatic heterocycles. The zero-order chi connectivity index (χ0) is 12.5. The summed E-state index contributed by atoms with van der Waals surface area (Å²) in [6.07, 6.45) is -1.69. The highest BCUT2D eigenvalue weighted by Gasteiger charge is 2.33. The highest BCUT2D eigenvalue weighted by molar-refractivity contribution is 9.10. The molecule has 0 aliphatic heterocycles. The summed E-state index contributed by atoms with van der Waals surface area (Å²) in [7, 11) is 0. The van der Waals surface area contributed by atoms with Gasteiger partial charge in [0, 0.05) is 18.0 Å². The topological polar surface area (TPSA) is 25.8 Å². The van der Waals surface area contributed by atoms with Crippen LogP contribution in [-0.2, 0) is 6.18 Å². The van der Waals surface area contributed by atoms with Crippen LogP contribution in [0, 0.1) is 0 Å². The van der Waals surface area contributed by atoms with Crippen LogP contribution in [0.4, 0.5) is 13.2 Å². The minimum Gasteiger partial charge on any atom is -0.230 e. The summed E-state index contributed by atoms with van der Waals surface area (Å²) in [5.41, 5.74) is -0.278. The fourth-order valence-electron chi connectivity index (χ4n) is 1.43. The Balaban J connectivity index is 2.56. The van der Waals surface area contributed by atoms with E-state index in [-0.39, 0.29) is 5.56 Å². The number of hydrogen-bond acceptors (Lipinski definition) is 2. The zero-order valence-electron chi connectivity index (χ0n) is 8.37. The van der Waals surface area contributed by atoms with E-state index in [9.17, 15) is 13.2 Å². The molecule has 2 rings (SSSR count). The summed E-state index contributed by atoms with van der Waals surface area (Å²) in [6, 6.07) is 5.34. The fourth-order valence-corrected chi connectivity index (χ4v) is 1.64. The predicted molar refractivity (Wildman–Crippen MR) is 60.2 cm³/mol. The van der Waals surface area contributed by atoms with E-state index in [1.54, 1.807) is 6.07 Å². The van der Waals surface area contributed by atoms with Gasteiger partial charge >= 0.3 is 6.18 Å². The Labute approximate surface area is 104 Å². The molecule has 0 aliphatic rings. The van der Waals surface area contributed by atoms with Crippen LogP contribution in [0.25, 0.3) is 11.1 Å². The lowest BCUT2D eigenvalue weighted by Gasteiger charge is -2.11. The van der Waals surface area contributed by atoms with E-state index in [0.717, 1.165) is 6.07 Å². The molecule has 0 amide bonds. The van der Waals surface area contributed by atoms with Gasteiger partial charge in [-0.05, 0) is 27.6 Å². The van der Waals surface area contributed by atoms with E-state index < -0.39 is 11.7 Å². The van der Waals surface area contributed by atoms with E-state index in [1.807, 2.05) is 0 Å². The molecule has 0 spiro atoms. The van der Waals surface area contributed by atoms with Crippen LogP contribution in [0.1, 0.15) is 5.56 Å². The number of aromatic nitrogens is 2. The van der Waals surface area contributed by atoms with Crippen molar-refractivity contribution in [2.24, 2.45) is 0 Å². The van der Waals surface area contributed by atoms with Crippen LogP contribution in [0.3, 0.4) is 0 Å². The monoisotopic (exact) mass is 302 g/mol. The first-order valence-electron chi connectivity index (χ1n) is 4.62. The van der Waals surface area contributed by atoms with Gasteiger partial charge in [-0.25, -0.2) is 9.97 Å². The van der Waals surface area contributed by atoms with Crippen LogP contribution in [-0.4, -0.2) is 9.97 Å². The average molecular weight is 303 g/mol. The van der Waals surface area contributed by atoms with Crippen LogP contribution in [0.15, 0.2) is 41.4 Å². The first-order chi connectivity index (χ1) is 7.98. The molecule has 0 saturated carbocycles. The maximum Gasteiger partial charge on any atom is 0.417 e. The molecule has 0 atom stereocenters. The molecule has 0 unspecified atom stereocenters. The summed E-state index contributed by atoms with van der Waals surface area (Å²) >= 11 is 3.03. The molecule has 88 valence electrons. The van der Waals surface area contributed by atoms with Gasteiger partial charge in [0.25, 0.3) is 0 Å². The van der Waals surface area contributed by atoms with Crippen molar-refractivity contribution < 1.29 is 13.2 Å². The molecule has 6 heteroatoms. The third-order valence-electron chi connectivity index (χ3n) is 2.16. The van der Waals surface area contributed by atoms with Crippen molar-refractivity contribution in [3.05, 3.63) is 47.0 Å². The zero-order valence-corrected chi connectivity index (χ0v) is 9.96. The quantitative estimate of drug-likeness (QED) is 0.746. The lowest BCUT2D eigenvalue weighted by atomic mass is 10.0. The van der Waals surface area contributed by atoms with Crippen molar-refractivity contribution in [2.45, 2.75) is 6.18 Å². The minimum atomic E-state index is -4.39. The standard InChI is InChI=1S/C11H6BrF3N2/c12-10-16-5-7(6-17-10)8-3-1-2-4-9(8)11(13,14)15/h1-6H. The molecular weight excluding hydrogens is 297 g/mol. The molecule has 1 heterocycles. The van der Waals surface area contributed by atoms with Crippen molar-refractivity contribution in [3.63, 3.8) is 0 Å². The van der Waals surface area contributed by atoms with E-state index in [4.69, 9.17) is 0 Å². The molecule has 0 aliphatic carbocycles. The molecule has 17 heavy (non-hydrogen) atoms. The number of benzene rings is 1. The number of halogens is 4. The second kappa shape index (κ2) is 4.44. The first kappa shape index (κ1) is 12.0. The van der Waals surface area contributed by atoms with Gasteiger partial charge in [0.15, 0.2) is 4.73 Å². The maximum atomic E-state index is 12.8. The van der Waals surface area contributed by atoms with Gasteiger partial charge in [-0.15, -0.1) is 0 Å². The Kier molecular flexibility index (Phi) is 3.15. The number of nitrogens with zero attached hydrogens (tertiary/aromatic N) is 2. The normalized spacial score (nSPS) is 11.5. The summed E-state index contributed by atoms with van der Waals surface area (Å²) in [4.78, 5) is 7.63. The van der Waals surface area contributed by atoms with E-state index in [2.05, 4.69) is 25.9 Å². The van der Waals surface area contributed by atoms with Crippen LogP contribution in [0.5, 0.6) is 0 Å². The average Bonchev–Trinajstić information content (AvgIpc) is 2.29. The Hall–Kier alpha value is -1.43. The molecule has 2 nitrogen and oxygen atoms in total. The summed E-state index contributed by atoms with van der Waals surface area (Å²) in [6.45, 7) is 0. The summed E-state index contributed by atoms with van der Waals surface area (Å²) < 4.78 is 38.6. The van der Waals surface area contributed by atoms with Crippen molar-refractivity contribution in [1.82, 2.24) is 9.97 Å². The second-order valence-corrected chi connectivity index (χ2v) is 3.99. The molecule has 0 fully saturated rings. The Morgan fingerprint density at radius 3 is 2.18 bits per heavy atom. The van der Waals surface area contributed by atoms with Gasteiger partial charge < -0.3 is 0 Å². The van der Waals surface area contributed by atoms with Crippen molar-refractivity contribution in [3.8, 4) is 11.1 Å². The Morgan fingerprint density at radius 1 is 1.00 bits per heavy atom. The molecule has 0 bridgehead atoms. The predicted octanol–water partition coefficient (Wildman–Crippen LogP) is 3.92. The van der Waals surface area contributed by atoms with Gasteiger partial charge in [-0.1, -0.05) is 18.2 Å². The van der Waals surface area contributed by atoms with E-state index in [0.29, 0.717) is 10.3 Å². The molecule has 1 aromatic carbocycles. The molecule has 2 aromatic rings. The molecule has 0 radical (unpaired) electrons. The van der Waals surface area contributed by atoms with E-state index >= 15 is 0 Å². The smallest absolute Gasteiger partial charge is 0.230 e. The largest absolute Gasteiger partial charge is 0.417 e. The van der Waals surface area contributed by atoms with Crippen molar-refractivity contribution >= 4 is 15.9 Å². The number of hydrogen-bond donors (Lipinski definition) is 0. The number of alkyl halides is 3. The van der Waals surface area contributed by atoms with Crippen LogP contribution in [0.2, 0.25) is 0 Å². The summed E-state index contributed by atoms with van der Waals surface area (Å²) in [5, 5.41) is 0. The molecule has 0 saturated heterocycles. The van der Waals surface area contributed by atoms with Gasteiger partial charge in [0.1, 0.15) is 0 Å². The highest BCUT2D eigenvalue weighted by atomic mass is 79.9. The SMILES string of the molecule is FC(F)(F)c1ccccc1-c1cnc(Br)nc1. The lowest BCUT2D eigenvalue weighted by molar-refractivity contribution is -0.137. The minimum absolute atomic E-state index is 0.0764. The first-order valence-corrected chi connectivity index (χ1v) is 5.42. The maximum absolute atomic E-state index is 12.8. The van der Waals surface area contributed by atoms with E-state index in [1.165, 1.54) is 24.5 Å². The lowest BCUT2D eigenvalue weighted by Crippen LogP contribution is -2.07. The van der Waals surface area contributed by atoms with Gasteiger partial charge in [-0.3, -0.25) is 0 Å². The summed E-state index contributed by atoms with van der Waals surface area (Å²) in [5.74, 6) is 0. The third kappa shape index (κ3) is 2.63. The van der Waals surface area contributed by atoms with Crippen LogP contribution >= 0.6 is 15.9 Å². The van der Waals surface area contributed by atoms with Crippen LogP contribution < -0.4 is 0 Å². The van der Waals surface area contributed by atoms with Crippen molar-refractivity contribution in [2.75, 3.05) is 0 Å². The molecule has 0 N–H and O–H groups in total. The van der Waals surface area contributed by atoms with Gasteiger partial charge in [0.2, 0.25) is 0 Å². The Bertz CT molecular complexity index is 523. The third-order valence-corrected chi connectivity index (χ3v) is 2.57. The van der Waals surface area contributed by atoms with Gasteiger partial charge in [0.05, 0.1) is 5.56 Å². The molecular formula is C11H6BrF3N2. The second-order valence-electron chi connectivity index (χ2n) is 3.28. The number of rotatable bonds is 1. The van der Waals surface area contributed by atoms with Crippen molar-refractivity contribution in [1.29, 1.82) is 0 Å².